The van der Waals surface area contributed by atoms with Gasteiger partial charge >= 0.3 is 11.9 Å². The van der Waals surface area contributed by atoms with Crippen molar-refractivity contribution in [2.24, 2.45) is 5.73 Å². The van der Waals surface area contributed by atoms with Crippen molar-refractivity contribution in [2.45, 2.75) is 101 Å². The zero-order chi connectivity index (χ0) is 56.4. The van der Waals surface area contributed by atoms with Gasteiger partial charge in [0.05, 0.1) is 46.4 Å². The van der Waals surface area contributed by atoms with Crippen LogP contribution in [0.4, 0.5) is 11.6 Å². The number of hydrogen-bond acceptors (Lipinski definition) is 16. The van der Waals surface area contributed by atoms with Crippen LogP contribution < -0.4 is 22.1 Å². The maximum absolute atomic E-state index is 12.0. The van der Waals surface area contributed by atoms with Crippen LogP contribution in [-0.2, 0) is 80.3 Å². The number of aromatic nitrogens is 8. The lowest BCUT2D eigenvalue weighted by Gasteiger charge is -2.16. The molecule has 2 amide bonds. The minimum absolute atomic E-state index is 0. The second kappa shape index (κ2) is 40.4. The number of halogens is 5. The van der Waals surface area contributed by atoms with Crippen molar-refractivity contribution >= 4 is 93.4 Å². The van der Waals surface area contributed by atoms with Crippen molar-refractivity contribution in [3.63, 3.8) is 0 Å². The number of amides is 2. The molecule has 78 heavy (non-hydrogen) atoms. The Morgan fingerprint density at radius 2 is 0.974 bits per heavy atom. The molecule has 0 unspecified atom stereocenters. The van der Waals surface area contributed by atoms with E-state index in [-0.39, 0.29) is 67.4 Å². The van der Waals surface area contributed by atoms with E-state index in [9.17, 15) is 19.2 Å². The van der Waals surface area contributed by atoms with Crippen LogP contribution in [-0.4, -0.2) is 77.8 Å². The number of ether oxygens (including phenoxy) is 2. The zero-order valence-electron chi connectivity index (χ0n) is 44.3. The number of aryl methyl sites for hydroxylation is 2. The number of fused-ring (bicyclic) bond motifs is 2. The predicted octanol–water partition coefficient (Wildman–Crippen LogP) is 12.0. The highest BCUT2D eigenvalue weighted by Crippen LogP contribution is 2.32. The van der Waals surface area contributed by atoms with Crippen LogP contribution in [0.1, 0.15) is 93.6 Å². The summed E-state index contributed by atoms with van der Waals surface area (Å²) < 4.78 is 9.13. The third kappa shape index (κ3) is 23.9. The molecule has 0 radical (unpaired) electrons. The van der Waals surface area contributed by atoms with Gasteiger partial charge in [-0.1, -0.05) is 198 Å². The van der Waals surface area contributed by atoms with Gasteiger partial charge in [0.15, 0.2) is 0 Å². The summed E-state index contributed by atoms with van der Waals surface area (Å²) >= 11 is 29.1. The van der Waals surface area contributed by atoms with Gasteiger partial charge in [-0.2, -0.15) is 0 Å². The molecule has 3 aromatic carbocycles. The number of nitrogens with two attached hydrogens (primary N) is 1. The number of carbonyl (C=O) groups excluding carboxylic acids is 4. The molecule has 7 aromatic rings. The van der Waals surface area contributed by atoms with E-state index in [4.69, 9.17) is 63.7 Å². The normalized spacial score (nSPS) is 10.7. The number of nitrogens with one attached hydrogen (secondary N) is 1. The molecule has 0 atom stereocenters. The Hall–Kier alpha value is -6.77. The van der Waals surface area contributed by atoms with Crippen molar-refractivity contribution < 1.29 is 28.7 Å². The lowest BCUT2D eigenvalue weighted by Crippen LogP contribution is -2.26. The molecule has 0 bridgehead atoms. The Kier molecular flexibility index (Phi) is 36.9. The molecular weight excluding hydrogens is 1100 g/mol. The molecule has 23 heteroatoms. The molecule has 6 heterocycles. The Morgan fingerprint density at radius 1 is 0.551 bits per heavy atom. The summed E-state index contributed by atoms with van der Waals surface area (Å²) in [7, 11) is 2.64. The lowest BCUT2D eigenvalue weighted by molar-refractivity contribution is -0.140. The number of nitrogens with zero attached hydrogens (tertiary/aromatic N) is 9. The number of hydrogen-bond donors (Lipinski definition) is 3. The van der Waals surface area contributed by atoms with E-state index in [2.05, 4.69) is 66.8 Å². The van der Waals surface area contributed by atoms with E-state index in [1.807, 2.05) is 120 Å². The molecule has 0 saturated heterocycles. The minimum atomic E-state index is -0.432. The summed E-state index contributed by atoms with van der Waals surface area (Å²) in [5, 5.41) is 3.94. The first-order valence-corrected chi connectivity index (χ1v) is 25.9. The maximum atomic E-state index is 12.0. The van der Waals surface area contributed by atoms with Gasteiger partial charge in [0.25, 0.3) is 0 Å². The monoisotopic (exact) mass is 1170 g/mol. The van der Waals surface area contributed by atoms with Crippen molar-refractivity contribution in [3.8, 4) is 0 Å². The summed E-state index contributed by atoms with van der Waals surface area (Å²) in [5.41, 5.74) is 12.1. The molecule has 420 valence electrons. The average molecular weight is 1170 g/mol. The van der Waals surface area contributed by atoms with Crippen LogP contribution in [0.2, 0.25) is 25.8 Å². The number of methoxy groups -OCH3 is 2. The van der Waals surface area contributed by atoms with Crippen molar-refractivity contribution in [1.29, 1.82) is 0 Å². The summed E-state index contributed by atoms with van der Waals surface area (Å²) in [6, 6.07) is 29.9. The van der Waals surface area contributed by atoms with Crippen molar-refractivity contribution in [3.05, 3.63) is 187 Å². The van der Waals surface area contributed by atoms with E-state index in [1.54, 1.807) is 4.90 Å². The van der Waals surface area contributed by atoms with Crippen LogP contribution >= 0.6 is 58.0 Å². The first-order valence-electron chi connectivity index (χ1n) is 24.0. The number of rotatable bonds is 10. The smallest absolute Gasteiger partial charge is 0.310 e. The SMILES string of the molecule is C.CC.CC.CC.COC(=O)Cc1c(Cl)ncnc1CCc1ccccc1.COC(=O)Cc1c(Cl)ncnc1Cl.N.NCc1ccccc1.O=C1Cc2c(Cl)ncnc2N1.O=C1Cc2c(Cl)ncnc2N1Cc1ccccc1. The summed E-state index contributed by atoms with van der Waals surface area (Å²) in [5.74, 6) is 0.318. The highest BCUT2D eigenvalue weighted by atomic mass is 35.5. The molecule has 6 N–H and O–H groups in total. The van der Waals surface area contributed by atoms with E-state index in [0.29, 0.717) is 63.3 Å². The molecule has 9 rings (SSSR count). The van der Waals surface area contributed by atoms with Gasteiger partial charge < -0.3 is 26.7 Å². The Morgan fingerprint density at radius 3 is 1.46 bits per heavy atom. The van der Waals surface area contributed by atoms with Gasteiger partial charge in [0.2, 0.25) is 11.8 Å². The summed E-state index contributed by atoms with van der Waals surface area (Å²) in [4.78, 5) is 78.0. The lowest BCUT2D eigenvalue weighted by atomic mass is 10.0. The van der Waals surface area contributed by atoms with Crippen LogP contribution in [0.25, 0.3) is 0 Å². The Balaban J connectivity index is 0.000000946. The molecule has 0 saturated carbocycles. The molecule has 2 aliphatic rings. The second-order valence-corrected chi connectivity index (χ2v) is 16.3. The van der Waals surface area contributed by atoms with E-state index >= 15 is 0 Å². The van der Waals surface area contributed by atoms with E-state index < -0.39 is 5.97 Å². The Bertz CT molecular complexity index is 2840. The third-order valence-corrected chi connectivity index (χ3v) is 11.5. The standard InChI is InChI=1S/C15H15ClN2O2.C13H10ClN3O.C7H6Cl2N2O2.C7H9N.C6H4ClN3O.3C2H6.CH4.H3N/c1-20-14(19)9-12-13(17-10-18-15(12)16)8-7-11-5-3-2-4-6-11;14-12-10-6-11(18)17(13(10)16-8-15-12)7-9-4-2-1-3-5-9;1-13-5(12)2-4-6(8)10-3-11-7(4)9;8-6-7-4-2-1-3-5-7;7-5-3-1-4(11)10-6(3)9-2-8-5;3*1-2;;/h2-6,10H,7-9H2,1H3;1-5,8H,6-7H2;3H,2H2,1H3;1-5H,6,8H2;2H,1H2,(H,8,9,10,11);3*1-2H3;1H4;1H3. The molecule has 18 nitrogen and oxygen atoms in total. The van der Waals surface area contributed by atoms with Crippen molar-refractivity contribution in [2.75, 3.05) is 24.4 Å². The number of carbonyl (C=O) groups is 4. The van der Waals surface area contributed by atoms with Crippen LogP contribution in [0.3, 0.4) is 0 Å². The fourth-order valence-corrected chi connectivity index (χ4v) is 7.40. The number of esters is 2. The summed E-state index contributed by atoms with van der Waals surface area (Å²) in [6.45, 7) is 13.2. The first-order chi connectivity index (χ1) is 36.8. The van der Waals surface area contributed by atoms with E-state index in [0.717, 1.165) is 23.2 Å². The van der Waals surface area contributed by atoms with Gasteiger partial charge in [-0.25, -0.2) is 39.9 Å². The van der Waals surface area contributed by atoms with Gasteiger partial charge in [-0.15, -0.1) is 0 Å². The number of benzene rings is 3. The summed E-state index contributed by atoms with van der Waals surface area (Å²) in [6.07, 6.45) is 7.55. The quantitative estimate of drug-likeness (QED) is 0.0848. The number of anilines is 2. The van der Waals surface area contributed by atoms with Gasteiger partial charge in [0, 0.05) is 34.5 Å². The van der Waals surface area contributed by atoms with Crippen LogP contribution in [0.15, 0.2) is 116 Å². The van der Waals surface area contributed by atoms with Crippen molar-refractivity contribution in [1.82, 2.24) is 46.0 Å². The van der Waals surface area contributed by atoms with E-state index in [1.165, 1.54) is 50.7 Å². The van der Waals surface area contributed by atoms with Crippen LogP contribution in [0.5, 0.6) is 0 Å². The largest absolute Gasteiger partial charge is 0.469 e. The molecule has 0 fully saturated rings. The molecule has 0 spiro atoms. The predicted molar refractivity (Wildman–Crippen MR) is 312 cm³/mol. The maximum Gasteiger partial charge on any atom is 0.310 e. The molecule has 2 aliphatic heterocycles. The van der Waals surface area contributed by atoms with Gasteiger partial charge in [-0.3, -0.25) is 24.1 Å². The van der Waals surface area contributed by atoms with Crippen LogP contribution in [0, 0.1) is 0 Å². The topological polar surface area (TPSA) is 266 Å². The highest BCUT2D eigenvalue weighted by Gasteiger charge is 2.31. The fourth-order valence-electron chi connectivity index (χ4n) is 6.34. The molecular formula is C55H69Cl5N12O6. The molecule has 0 aliphatic carbocycles. The minimum Gasteiger partial charge on any atom is -0.469 e. The van der Waals surface area contributed by atoms with Gasteiger partial charge in [-0.05, 0) is 29.5 Å². The van der Waals surface area contributed by atoms with Gasteiger partial charge in [0.1, 0.15) is 62.7 Å². The Labute approximate surface area is 482 Å². The second-order valence-electron chi connectivity index (χ2n) is 14.5. The highest BCUT2D eigenvalue weighted by molar-refractivity contribution is 6.34. The third-order valence-electron chi connectivity index (χ3n) is 9.92. The fraction of sp³-hybridized carbons (Fsp3) is 0.309. The average Bonchev–Trinajstić information content (AvgIpc) is 4.02. The zero-order valence-corrected chi connectivity index (χ0v) is 48.1. The molecule has 4 aromatic heterocycles. The first kappa shape index (κ1) is 71.2.